The van der Waals surface area contributed by atoms with Crippen molar-refractivity contribution in [3.8, 4) is 10.6 Å². The molecule has 0 N–H and O–H groups in total. The van der Waals surface area contributed by atoms with Crippen LogP contribution in [-0.2, 0) is 22.6 Å². The third-order valence-electron chi connectivity index (χ3n) is 3.92. The largest absolute Gasteiger partial charge is 0.459 e. The number of fused-ring (bicyclic) bond motifs is 1. The van der Waals surface area contributed by atoms with Crippen molar-refractivity contribution in [3.63, 3.8) is 0 Å². The molecule has 0 atom stereocenters. The molecule has 0 amide bonds. The van der Waals surface area contributed by atoms with Gasteiger partial charge in [-0.25, -0.2) is 9.97 Å². The SMILES string of the molecule is O=C(CCc1nc2ccccc2s1)OCc1csc(-c2ccccc2Cl)n1. The molecular formula is C20H15ClN2O2S2. The molecule has 0 aliphatic rings. The van der Waals surface area contributed by atoms with Crippen molar-refractivity contribution in [3.05, 3.63) is 69.6 Å². The highest BCUT2D eigenvalue weighted by Gasteiger charge is 2.11. The van der Waals surface area contributed by atoms with Gasteiger partial charge in [0.15, 0.2) is 0 Å². The summed E-state index contributed by atoms with van der Waals surface area (Å²) in [5.74, 6) is -0.249. The van der Waals surface area contributed by atoms with Crippen molar-refractivity contribution >= 4 is 50.5 Å². The number of esters is 1. The minimum absolute atomic E-state index is 0.166. The van der Waals surface area contributed by atoms with Gasteiger partial charge in [0, 0.05) is 17.4 Å². The molecule has 2 heterocycles. The van der Waals surface area contributed by atoms with Gasteiger partial charge in [-0.1, -0.05) is 41.9 Å². The van der Waals surface area contributed by atoms with E-state index >= 15 is 0 Å². The minimum Gasteiger partial charge on any atom is -0.459 e. The summed E-state index contributed by atoms with van der Waals surface area (Å²) in [6.07, 6.45) is 0.890. The lowest BCUT2D eigenvalue weighted by molar-refractivity contribution is -0.145. The standard InChI is InChI=1S/C20H15ClN2O2S2/c21-15-6-2-1-5-14(15)20-22-13(12-26-20)11-25-19(24)10-9-18-23-16-7-3-4-8-17(16)27-18/h1-8,12H,9-11H2. The van der Waals surface area contributed by atoms with Crippen molar-refractivity contribution < 1.29 is 9.53 Å². The molecule has 4 rings (SSSR count). The highest BCUT2D eigenvalue weighted by Crippen LogP contribution is 2.30. The van der Waals surface area contributed by atoms with Crippen molar-refractivity contribution in [1.82, 2.24) is 9.97 Å². The second-order valence-electron chi connectivity index (χ2n) is 5.86. The Balaban J connectivity index is 1.31. The fraction of sp³-hybridized carbons (Fsp3) is 0.150. The zero-order chi connectivity index (χ0) is 18.6. The maximum atomic E-state index is 12.0. The van der Waals surface area contributed by atoms with Crippen molar-refractivity contribution in [2.75, 3.05) is 0 Å². The Morgan fingerprint density at radius 3 is 2.74 bits per heavy atom. The van der Waals surface area contributed by atoms with Gasteiger partial charge in [-0.15, -0.1) is 22.7 Å². The number of carbonyl (C=O) groups is 1. The average molecular weight is 415 g/mol. The highest BCUT2D eigenvalue weighted by molar-refractivity contribution is 7.18. The van der Waals surface area contributed by atoms with Crippen LogP contribution in [0.4, 0.5) is 0 Å². The number of para-hydroxylation sites is 1. The van der Waals surface area contributed by atoms with Crippen LogP contribution in [0.5, 0.6) is 0 Å². The second kappa shape index (κ2) is 8.17. The van der Waals surface area contributed by atoms with Gasteiger partial charge in [-0.3, -0.25) is 4.79 Å². The molecule has 7 heteroatoms. The van der Waals surface area contributed by atoms with E-state index in [9.17, 15) is 4.79 Å². The van der Waals surface area contributed by atoms with Gasteiger partial charge in [0.1, 0.15) is 11.6 Å². The Morgan fingerprint density at radius 1 is 1.07 bits per heavy atom. The molecule has 0 saturated heterocycles. The summed E-state index contributed by atoms with van der Waals surface area (Å²) < 4.78 is 6.49. The zero-order valence-corrected chi connectivity index (χ0v) is 16.6. The van der Waals surface area contributed by atoms with Gasteiger partial charge in [-0.05, 0) is 18.2 Å². The molecule has 0 bridgehead atoms. The van der Waals surface area contributed by atoms with E-state index < -0.39 is 0 Å². The first-order chi connectivity index (χ1) is 13.2. The van der Waals surface area contributed by atoms with Crippen molar-refractivity contribution in [2.45, 2.75) is 19.4 Å². The molecule has 0 radical (unpaired) electrons. The summed E-state index contributed by atoms with van der Waals surface area (Å²) in [5.41, 5.74) is 2.58. The Bertz CT molecular complexity index is 1060. The predicted octanol–water partition coefficient (Wildman–Crippen LogP) is 5.75. The number of aromatic nitrogens is 2. The van der Waals surface area contributed by atoms with Crippen LogP contribution in [0.15, 0.2) is 53.9 Å². The Kier molecular flexibility index (Phi) is 5.48. The Morgan fingerprint density at radius 2 is 1.89 bits per heavy atom. The van der Waals surface area contributed by atoms with Crippen LogP contribution >= 0.6 is 34.3 Å². The van der Waals surface area contributed by atoms with Crippen LogP contribution in [0.1, 0.15) is 17.1 Å². The summed E-state index contributed by atoms with van der Waals surface area (Å²) in [4.78, 5) is 21.1. The number of hydrogen-bond donors (Lipinski definition) is 0. The maximum Gasteiger partial charge on any atom is 0.306 e. The molecule has 27 heavy (non-hydrogen) atoms. The first-order valence-corrected chi connectivity index (χ1v) is 10.5. The monoisotopic (exact) mass is 414 g/mol. The number of nitrogens with zero attached hydrogens (tertiary/aromatic N) is 2. The third-order valence-corrected chi connectivity index (χ3v) is 6.27. The summed E-state index contributed by atoms with van der Waals surface area (Å²) in [7, 11) is 0. The van der Waals surface area contributed by atoms with E-state index in [2.05, 4.69) is 9.97 Å². The maximum absolute atomic E-state index is 12.0. The van der Waals surface area contributed by atoms with Crippen LogP contribution in [0, 0.1) is 0 Å². The smallest absolute Gasteiger partial charge is 0.306 e. The molecule has 0 aliphatic heterocycles. The fourth-order valence-electron chi connectivity index (χ4n) is 2.59. The van der Waals surface area contributed by atoms with E-state index in [0.717, 1.165) is 31.5 Å². The van der Waals surface area contributed by atoms with Gasteiger partial charge >= 0.3 is 5.97 Å². The average Bonchev–Trinajstić information content (AvgIpc) is 3.31. The fourth-order valence-corrected chi connectivity index (χ4v) is 4.69. The normalized spacial score (nSPS) is 11.0. The minimum atomic E-state index is -0.249. The van der Waals surface area contributed by atoms with Crippen LogP contribution in [0.25, 0.3) is 20.8 Å². The third kappa shape index (κ3) is 4.35. The summed E-state index contributed by atoms with van der Waals surface area (Å²) in [5, 5.41) is 4.31. The molecule has 136 valence electrons. The number of halogens is 1. The van der Waals surface area contributed by atoms with Gasteiger partial charge in [0.2, 0.25) is 0 Å². The lowest BCUT2D eigenvalue weighted by Crippen LogP contribution is -2.06. The van der Waals surface area contributed by atoms with Crippen LogP contribution in [-0.4, -0.2) is 15.9 Å². The number of carbonyl (C=O) groups excluding carboxylic acids is 1. The molecule has 0 saturated carbocycles. The van der Waals surface area contributed by atoms with Crippen LogP contribution in [0.3, 0.4) is 0 Å². The number of thiazole rings is 2. The second-order valence-corrected chi connectivity index (χ2v) is 8.24. The Labute approximate surface area is 169 Å². The van der Waals surface area contributed by atoms with E-state index in [1.165, 1.54) is 11.3 Å². The van der Waals surface area contributed by atoms with Gasteiger partial charge in [-0.2, -0.15) is 0 Å². The van der Waals surface area contributed by atoms with Crippen molar-refractivity contribution in [2.24, 2.45) is 0 Å². The molecule has 2 aromatic heterocycles. The first-order valence-electron chi connectivity index (χ1n) is 8.38. The predicted molar refractivity (Wildman–Crippen MR) is 110 cm³/mol. The molecule has 0 aliphatic carbocycles. The number of hydrogen-bond acceptors (Lipinski definition) is 6. The van der Waals surface area contributed by atoms with Crippen molar-refractivity contribution in [1.29, 1.82) is 0 Å². The summed E-state index contributed by atoms with van der Waals surface area (Å²) >= 11 is 9.30. The first kappa shape index (κ1) is 18.1. The van der Waals surface area contributed by atoms with E-state index in [1.807, 2.05) is 53.9 Å². The topological polar surface area (TPSA) is 52.1 Å². The lowest BCUT2D eigenvalue weighted by atomic mass is 10.2. The van der Waals surface area contributed by atoms with E-state index in [1.54, 1.807) is 11.3 Å². The molecular weight excluding hydrogens is 400 g/mol. The number of benzene rings is 2. The number of aryl methyl sites for hydroxylation is 1. The molecule has 2 aromatic carbocycles. The van der Waals surface area contributed by atoms with Gasteiger partial charge in [0.25, 0.3) is 0 Å². The number of ether oxygens (including phenoxy) is 1. The molecule has 0 unspecified atom stereocenters. The van der Waals surface area contributed by atoms with Crippen LogP contribution < -0.4 is 0 Å². The molecule has 4 aromatic rings. The van der Waals surface area contributed by atoms with Gasteiger partial charge < -0.3 is 4.74 Å². The molecule has 4 nitrogen and oxygen atoms in total. The number of rotatable bonds is 6. The van der Waals surface area contributed by atoms with Gasteiger partial charge in [0.05, 0.1) is 32.4 Å². The van der Waals surface area contributed by atoms with E-state index in [-0.39, 0.29) is 12.6 Å². The summed E-state index contributed by atoms with van der Waals surface area (Å²) in [6.45, 7) is 0.166. The lowest BCUT2D eigenvalue weighted by Gasteiger charge is -2.02. The van der Waals surface area contributed by atoms with E-state index in [0.29, 0.717) is 17.9 Å². The summed E-state index contributed by atoms with van der Waals surface area (Å²) in [6, 6.07) is 15.5. The van der Waals surface area contributed by atoms with Crippen LogP contribution in [0.2, 0.25) is 5.02 Å². The Hall–Kier alpha value is -2.28. The highest BCUT2D eigenvalue weighted by atomic mass is 35.5. The molecule has 0 fully saturated rings. The molecule has 0 spiro atoms. The zero-order valence-electron chi connectivity index (χ0n) is 14.2. The quantitative estimate of drug-likeness (QED) is 0.377. The van der Waals surface area contributed by atoms with E-state index in [4.69, 9.17) is 16.3 Å².